The fraction of sp³-hybridized carbons (Fsp3) is 0.200. The van der Waals surface area contributed by atoms with Crippen molar-refractivity contribution in [1.29, 1.82) is 0 Å². The van der Waals surface area contributed by atoms with Crippen molar-refractivity contribution >= 4 is 5.97 Å². The van der Waals surface area contributed by atoms with Crippen LogP contribution in [0.15, 0.2) is 18.3 Å². The molecule has 2 rings (SSSR count). The van der Waals surface area contributed by atoms with Crippen LogP contribution in [0.2, 0.25) is 0 Å². The van der Waals surface area contributed by atoms with E-state index in [4.69, 9.17) is 4.74 Å². The predicted octanol–water partition coefficient (Wildman–Crippen LogP) is 0.841. The molecular formula is C10H9AuN4O2. The average Bonchev–Trinajstić information content (AvgIpc) is 2.83. The molecular weight excluding hydrogens is 405 g/mol. The summed E-state index contributed by atoms with van der Waals surface area (Å²) in [6.07, 6.45) is 4.08. The van der Waals surface area contributed by atoms with Crippen LogP contribution in [-0.4, -0.2) is 33.0 Å². The van der Waals surface area contributed by atoms with E-state index < -0.39 is 0 Å². The first-order chi connectivity index (χ1) is 7.81. The van der Waals surface area contributed by atoms with Gasteiger partial charge in [-0.05, 0) is 6.92 Å². The summed E-state index contributed by atoms with van der Waals surface area (Å²) in [5.41, 5.74) is 1.62. The molecule has 0 aliphatic carbocycles. The molecule has 0 saturated heterocycles. The number of nitrogens with one attached hydrogen (secondary N) is 1. The molecule has 17 heavy (non-hydrogen) atoms. The molecule has 0 aliphatic heterocycles. The maximum absolute atomic E-state index is 11.3. The molecule has 7 heteroatoms. The largest absolute Gasteiger partial charge is 1.00 e. The normalized spacial score (nSPS) is 9.47. The van der Waals surface area contributed by atoms with E-state index in [2.05, 4.69) is 26.6 Å². The van der Waals surface area contributed by atoms with Gasteiger partial charge in [-0.15, -0.1) is 6.07 Å². The van der Waals surface area contributed by atoms with E-state index >= 15 is 0 Å². The minimum absolute atomic E-state index is 0. The summed E-state index contributed by atoms with van der Waals surface area (Å²) in [4.78, 5) is 15.4. The van der Waals surface area contributed by atoms with Crippen LogP contribution < -0.4 is 0 Å². The number of aromatic nitrogens is 4. The van der Waals surface area contributed by atoms with Crippen molar-refractivity contribution in [2.75, 3.05) is 6.61 Å². The van der Waals surface area contributed by atoms with Gasteiger partial charge >= 0.3 is 28.3 Å². The minimum Gasteiger partial charge on any atom is -0.462 e. The van der Waals surface area contributed by atoms with Gasteiger partial charge in [-0.1, -0.05) is 28.9 Å². The Labute approximate surface area is 113 Å². The Kier molecular flexibility index (Phi) is 5.02. The Morgan fingerprint density at radius 2 is 2.35 bits per heavy atom. The zero-order valence-corrected chi connectivity index (χ0v) is 11.1. The number of esters is 1. The summed E-state index contributed by atoms with van der Waals surface area (Å²) in [5, 5.41) is 9.68. The first kappa shape index (κ1) is 13.6. The Morgan fingerprint density at radius 1 is 1.53 bits per heavy atom. The van der Waals surface area contributed by atoms with Crippen LogP contribution in [0.5, 0.6) is 0 Å². The molecule has 0 spiro atoms. The van der Waals surface area contributed by atoms with Crippen LogP contribution in [0.3, 0.4) is 0 Å². The Morgan fingerprint density at radius 3 is 2.88 bits per heavy atom. The van der Waals surface area contributed by atoms with Gasteiger partial charge in [0, 0.05) is 6.20 Å². The second kappa shape index (κ2) is 6.29. The maximum atomic E-state index is 11.3. The molecule has 2 heterocycles. The molecule has 1 N–H and O–H groups in total. The van der Waals surface area contributed by atoms with Crippen molar-refractivity contribution in [3.63, 3.8) is 0 Å². The van der Waals surface area contributed by atoms with E-state index in [1.807, 2.05) is 0 Å². The molecule has 92 valence electrons. The Balaban J connectivity index is 0.00000144. The topological polar surface area (TPSA) is 80.8 Å². The van der Waals surface area contributed by atoms with Crippen LogP contribution in [0.25, 0.3) is 11.4 Å². The average molecular weight is 414 g/mol. The zero-order chi connectivity index (χ0) is 11.4. The van der Waals surface area contributed by atoms with Crippen LogP contribution in [0.1, 0.15) is 17.3 Å². The van der Waals surface area contributed by atoms with Crippen LogP contribution >= 0.6 is 0 Å². The van der Waals surface area contributed by atoms with Gasteiger partial charge in [0.05, 0.1) is 12.2 Å². The Bertz CT molecular complexity index is 470. The molecule has 0 amide bonds. The van der Waals surface area contributed by atoms with E-state index in [0.29, 0.717) is 23.6 Å². The number of nitrogens with zero attached hydrogens (tertiary/aromatic N) is 3. The first-order valence-electron chi connectivity index (χ1n) is 4.73. The third-order valence-electron chi connectivity index (χ3n) is 1.90. The number of pyridine rings is 1. The summed E-state index contributed by atoms with van der Waals surface area (Å²) >= 11 is 0. The maximum Gasteiger partial charge on any atom is 1.00 e. The third kappa shape index (κ3) is 3.23. The van der Waals surface area contributed by atoms with Crippen molar-refractivity contribution in [3.05, 3.63) is 30.1 Å². The van der Waals surface area contributed by atoms with E-state index in [1.165, 1.54) is 6.20 Å². The molecule has 0 fully saturated rings. The number of hydrogen-bond donors (Lipinski definition) is 1. The minimum atomic E-state index is -0.381. The SMILES string of the molecule is CCOC(=O)c1ccc(-c2[c-]nn[nH]2)nc1.[Au+]. The predicted molar refractivity (Wildman–Crippen MR) is 54.4 cm³/mol. The molecule has 0 aromatic carbocycles. The quantitative estimate of drug-likeness (QED) is 0.458. The van der Waals surface area contributed by atoms with Gasteiger partial charge in [-0.3, -0.25) is 5.10 Å². The van der Waals surface area contributed by atoms with E-state index in [1.54, 1.807) is 19.1 Å². The van der Waals surface area contributed by atoms with Gasteiger partial charge in [-0.25, -0.2) is 9.89 Å². The summed E-state index contributed by atoms with van der Waals surface area (Å²) in [7, 11) is 0. The standard InChI is InChI=1S/C10H9N4O2.Au/c1-2-16-10(15)7-3-4-8(11-5-7)9-6-12-14-13-9;/h3-5H,2H2,1H3,(H,12,13,14);/q-1;+1. The fourth-order valence-corrected chi connectivity index (χ4v) is 1.17. The molecule has 0 aliphatic rings. The summed E-state index contributed by atoms with van der Waals surface area (Å²) in [5.74, 6) is -0.381. The van der Waals surface area contributed by atoms with Crippen molar-refractivity contribution in [2.45, 2.75) is 6.92 Å². The van der Waals surface area contributed by atoms with E-state index in [9.17, 15) is 4.79 Å². The number of hydrogen-bond acceptors (Lipinski definition) is 5. The van der Waals surface area contributed by atoms with Gasteiger partial charge in [0.25, 0.3) is 0 Å². The summed E-state index contributed by atoms with van der Waals surface area (Å²) < 4.78 is 4.84. The number of carbonyl (C=O) groups is 1. The van der Waals surface area contributed by atoms with E-state index in [-0.39, 0.29) is 28.3 Å². The zero-order valence-electron chi connectivity index (χ0n) is 8.90. The number of aromatic amines is 1. The second-order valence-electron chi connectivity index (χ2n) is 2.95. The van der Waals surface area contributed by atoms with Gasteiger partial charge in [0.15, 0.2) is 0 Å². The number of H-pyrrole nitrogens is 1. The first-order valence-corrected chi connectivity index (χ1v) is 4.73. The summed E-state index contributed by atoms with van der Waals surface area (Å²) in [6, 6.07) is 3.31. The van der Waals surface area contributed by atoms with Gasteiger partial charge < -0.3 is 9.72 Å². The van der Waals surface area contributed by atoms with Gasteiger partial charge in [-0.2, -0.15) is 0 Å². The number of rotatable bonds is 3. The molecule has 0 radical (unpaired) electrons. The molecule has 2 aromatic rings. The molecule has 0 saturated carbocycles. The molecule has 2 aromatic heterocycles. The smallest absolute Gasteiger partial charge is 0.462 e. The van der Waals surface area contributed by atoms with Gasteiger partial charge in [0.2, 0.25) is 0 Å². The number of carbonyl (C=O) groups excluding carboxylic acids is 1. The molecule has 0 unspecified atom stereocenters. The summed E-state index contributed by atoms with van der Waals surface area (Å²) in [6.45, 7) is 2.10. The van der Waals surface area contributed by atoms with Crippen molar-refractivity contribution in [1.82, 2.24) is 20.4 Å². The molecule has 0 bridgehead atoms. The van der Waals surface area contributed by atoms with Crippen molar-refractivity contribution < 1.29 is 31.9 Å². The van der Waals surface area contributed by atoms with Crippen molar-refractivity contribution in [2.24, 2.45) is 0 Å². The fourth-order valence-electron chi connectivity index (χ4n) is 1.17. The van der Waals surface area contributed by atoms with Crippen LogP contribution in [0.4, 0.5) is 0 Å². The van der Waals surface area contributed by atoms with E-state index in [0.717, 1.165) is 0 Å². The third-order valence-corrected chi connectivity index (χ3v) is 1.90. The van der Waals surface area contributed by atoms with Crippen LogP contribution in [-0.2, 0) is 27.1 Å². The van der Waals surface area contributed by atoms with Gasteiger partial charge in [0.1, 0.15) is 0 Å². The monoisotopic (exact) mass is 414 g/mol. The number of ether oxygens (including phenoxy) is 1. The van der Waals surface area contributed by atoms with Crippen molar-refractivity contribution in [3.8, 4) is 11.4 Å². The Hall–Kier alpha value is -1.50. The second-order valence-corrected chi connectivity index (χ2v) is 2.95. The van der Waals surface area contributed by atoms with Crippen LogP contribution in [0, 0.1) is 6.20 Å². The molecule has 0 atom stereocenters. The molecule has 6 nitrogen and oxygen atoms in total.